The number of aldehydes is 1. The lowest BCUT2D eigenvalue weighted by molar-refractivity contribution is -0.167. The number of hydrogen-bond acceptors (Lipinski definition) is 6. The first-order chi connectivity index (χ1) is 16.6. The zero-order chi connectivity index (χ0) is 24.0. The van der Waals surface area contributed by atoms with Gasteiger partial charge in [-0.15, -0.1) is 0 Å². The van der Waals surface area contributed by atoms with Gasteiger partial charge in [0.2, 0.25) is 5.54 Å². The van der Waals surface area contributed by atoms with Gasteiger partial charge in [-0.3, -0.25) is 9.69 Å². The van der Waals surface area contributed by atoms with Crippen molar-refractivity contribution in [3.8, 4) is 0 Å². The molecule has 2 heterocycles. The Hall–Kier alpha value is -3.68. The molecule has 0 aromatic heterocycles. The maximum absolute atomic E-state index is 13.8. The molecule has 2 aliphatic heterocycles. The van der Waals surface area contributed by atoms with Crippen LogP contribution >= 0.6 is 0 Å². The highest BCUT2D eigenvalue weighted by Crippen LogP contribution is 2.36. The van der Waals surface area contributed by atoms with Crippen LogP contribution in [0.5, 0.6) is 0 Å². The lowest BCUT2D eigenvalue weighted by atomic mass is 9.93. The minimum Gasteiger partial charge on any atom is -0.459 e. The first kappa shape index (κ1) is 23.5. The third kappa shape index (κ3) is 4.66. The van der Waals surface area contributed by atoms with Crippen molar-refractivity contribution in [3.05, 3.63) is 71.8 Å². The quantitative estimate of drug-likeness (QED) is 0.355. The summed E-state index contributed by atoms with van der Waals surface area (Å²) in [4.78, 5) is 54.6. The third-order valence-corrected chi connectivity index (χ3v) is 6.43. The summed E-state index contributed by atoms with van der Waals surface area (Å²) in [5, 5.41) is 0. The van der Waals surface area contributed by atoms with Crippen molar-refractivity contribution >= 4 is 24.3 Å². The van der Waals surface area contributed by atoms with E-state index in [1.807, 2.05) is 60.7 Å². The number of carbonyl (C=O) groups excluding carboxylic acids is 4. The standard InChI is InChI=1S/C26H28N2O6/c29-17-22-13-7-15-27(22)23(30)26(24(31)33-18-20-9-3-1-4-10-20)14-8-16-28(26)25(32)34-19-21-11-5-2-6-12-21/h1-6,9-12,17,22H,7-8,13-16,18-19H2/t22-,26-/m0/s1. The van der Waals surface area contributed by atoms with Gasteiger partial charge in [-0.25, -0.2) is 9.59 Å². The van der Waals surface area contributed by atoms with Crippen molar-refractivity contribution < 1.29 is 28.7 Å². The van der Waals surface area contributed by atoms with Crippen molar-refractivity contribution in [2.24, 2.45) is 0 Å². The van der Waals surface area contributed by atoms with Gasteiger partial charge in [-0.1, -0.05) is 60.7 Å². The zero-order valence-corrected chi connectivity index (χ0v) is 18.9. The molecule has 8 nitrogen and oxygen atoms in total. The number of esters is 1. The molecule has 4 rings (SSSR count). The van der Waals surface area contributed by atoms with Crippen LogP contribution in [0.4, 0.5) is 4.79 Å². The van der Waals surface area contributed by atoms with E-state index in [0.717, 1.165) is 17.4 Å². The van der Waals surface area contributed by atoms with Gasteiger partial charge in [-0.2, -0.15) is 0 Å². The SMILES string of the molecule is O=C[C@@H]1CCCN1C(=O)[C@]1(C(=O)OCc2ccccc2)CCCN1C(=O)OCc1ccccc1. The predicted octanol–water partition coefficient (Wildman–Crippen LogP) is 3.09. The minimum absolute atomic E-state index is 0.0141. The van der Waals surface area contributed by atoms with Gasteiger partial charge in [0.25, 0.3) is 5.91 Å². The second kappa shape index (κ2) is 10.5. The van der Waals surface area contributed by atoms with E-state index >= 15 is 0 Å². The van der Waals surface area contributed by atoms with Gasteiger partial charge in [0.1, 0.15) is 19.5 Å². The highest BCUT2D eigenvalue weighted by atomic mass is 16.6. The first-order valence-electron chi connectivity index (χ1n) is 11.5. The van der Waals surface area contributed by atoms with E-state index in [1.54, 1.807) is 0 Å². The molecule has 2 aromatic carbocycles. The molecule has 0 radical (unpaired) electrons. The Morgan fingerprint density at radius 2 is 1.50 bits per heavy atom. The average molecular weight is 465 g/mol. The van der Waals surface area contributed by atoms with Gasteiger partial charge in [-0.05, 0) is 36.8 Å². The molecular formula is C26H28N2O6. The van der Waals surface area contributed by atoms with Crippen LogP contribution < -0.4 is 0 Å². The number of likely N-dealkylation sites (tertiary alicyclic amines) is 2. The molecule has 0 aliphatic carbocycles. The van der Waals surface area contributed by atoms with E-state index < -0.39 is 29.6 Å². The van der Waals surface area contributed by atoms with Gasteiger partial charge < -0.3 is 19.2 Å². The zero-order valence-electron chi connectivity index (χ0n) is 18.9. The van der Waals surface area contributed by atoms with Crippen LogP contribution in [0.1, 0.15) is 36.8 Å². The molecule has 178 valence electrons. The Kier molecular flexibility index (Phi) is 7.25. The minimum atomic E-state index is -1.85. The van der Waals surface area contributed by atoms with Gasteiger partial charge in [0.05, 0.1) is 6.04 Å². The van der Waals surface area contributed by atoms with Crippen LogP contribution in [0.25, 0.3) is 0 Å². The highest BCUT2D eigenvalue weighted by Gasteiger charge is 2.60. The Morgan fingerprint density at radius 3 is 2.12 bits per heavy atom. The number of rotatable bonds is 7. The maximum Gasteiger partial charge on any atom is 0.411 e. The summed E-state index contributed by atoms with van der Waals surface area (Å²) >= 11 is 0. The number of nitrogens with zero attached hydrogens (tertiary/aromatic N) is 2. The van der Waals surface area contributed by atoms with Crippen LogP contribution in [-0.4, -0.2) is 58.7 Å². The summed E-state index contributed by atoms with van der Waals surface area (Å²) in [6, 6.07) is 17.7. The van der Waals surface area contributed by atoms with E-state index in [4.69, 9.17) is 9.47 Å². The van der Waals surface area contributed by atoms with E-state index in [2.05, 4.69) is 0 Å². The molecular weight excluding hydrogens is 436 g/mol. The normalized spacial score (nSPS) is 21.8. The van der Waals surface area contributed by atoms with Crippen molar-refractivity contribution in [2.45, 2.75) is 50.5 Å². The summed E-state index contributed by atoms with van der Waals surface area (Å²) in [7, 11) is 0. The lowest BCUT2D eigenvalue weighted by Crippen LogP contribution is -2.64. The summed E-state index contributed by atoms with van der Waals surface area (Å²) in [5.74, 6) is -1.37. The molecule has 2 atom stereocenters. The Labute approximate surface area is 198 Å². The van der Waals surface area contributed by atoms with Crippen LogP contribution in [0.15, 0.2) is 60.7 Å². The summed E-state index contributed by atoms with van der Waals surface area (Å²) in [5.41, 5.74) is -0.297. The largest absolute Gasteiger partial charge is 0.459 e. The fraction of sp³-hybridized carbons (Fsp3) is 0.385. The Balaban J connectivity index is 1.59. The van der Waals surface area contributed by atoms with Gasteiger partial charge >= 0.3 is 12.1 Å². The van der Waals surface area contributed by atoms with Crippen molar-refractivity contribution in [1.29, 1.82) is 0 Å². The smallest absolute Gasteiger partial charge is 0.411 e. The second-order valence-electron chi connectivity index (χ2n) is 8.56. The molecule has 34 heavy (non-hydrogen) atoms. The number of amides is 2. The van der Waals surface area contributed by atoms with Gasteiger partial charge in [0.15, 0.2) is 0 Å². The maximum atomic E-state index is 13.8. The molecule has 2 aromatic rings. The number of hydrogen-bond donors (Lipinski definition) is 0. The molecule has 2 aliphatic rings. The van der Waals surface area contributed by atoms with Crippen molar-refractivity contribution in [3.63, 3.8) is 0 Å². The van der Waals surface area contributed by atoms with Crippen LogP contribution in [-0.2, 0) is 37.1 Å². The molecule has 0 bridgehead atoms. The third-order valence-electron chi connectivity index (χ3n) is 6.43. The van der Waals surface area contributed by atoms with E-state index in [9.17, 15) is 19.2 Å². The highest BCUT2D eigenvalue weighted by molar-refractivity contribution is 6.10. The molecule has 2 amide bonds. The fourth-order valence-corrected chi connectivity index (χ4v) is 4.65. The predicted molar refractivity (Wildman–Crippen MR) is 122 cm³/mol. The second-order valence-corrected chi connectivity index (χ2v) is 8.56. The van der Waals surface area contributed by atoms with Gasteiger partial charge in [0, 0.05) is 13.1 Å². The van der Waals surface area contributed by atoms with Crippen LogP contribution in [0.2, 0.25) is 0 Å². The van der Waals surface area contributed by atoms with Crippen molar-refractivity contribution in [1.82, 2.24) is 9.80 Å². The lowest BCUT2D eigenvalue weighted by Gasteiger charge is -2.37. The first-order valence-corrected chi connectivity index (χ1v) is 11.5. The summed E-state index contributed by atoms with van der Waals surface area (Å²) in [6.45, 7) is 0.515. The van der Waals surface area contributed by atoms with E-state index in [1.165, 1.54) is 9.80 Å². The summed E-state index contributed by atoms with van der Waals surface area (Å²) in [6.07, 6.45) is 1.70. The molecule has 8 heteroatoms. The van der Waals surface area contributed by atoms with E-state index in [-0.39, 0.29) is 26.2 Å². The fourth-order valence-electron chi connectivity index (χ4n) is 4.65. The van der Waals surface area contributed by atoms with Crippen LogP contribution in [0.3, 0.4) is 0 Å². The number of carbonyl (C=O) groups is 4. The number of ether oxygens (including phenoxy) is 2. The summed E-state index contributed by atoms with van der Waals surface area (Å²) < 4.78 is 11.1. The Bertz CT molecular complexity index is 1030. The molecule has 0 spiro atoms. The molecule has 2 fully saturated rings. The van der Waals surface area contributed by atoms with Crippen LogP contribution in [0, 0.1) is 0 Å². The average Bonchev–Trinajstić information content (AvgIpc) is 3.55. The molecule has 0 saturated carbocycles. The molecule has 2 saturated heterocycles. The molecule has 0 unspecified atom stereocenters. The number of benzene rings is 2. The monoisotopic (exact) mass is 464 g/mol. The van der Waals surface area contributed by atoms with Crippen molar-refractivity contribution in [2.75, 3.05) is 13.1 Å². The molecule has 0 N–H and O–H groups in total. The Morgan fingerprint density at radius 1 is 0.882 bits per heavy atom. The van der Waals surface area contributed by atoms with E-state index in [0.29, 0.717) is 25.8 Å². The topological polar surface area (TPSA) is 93.2 Å².